The minimum Gasteiger partial charge on any atom is -0.478 e. The van der Waals surface area contributed by atoms with E-state index in [4.69, 9.17) is 9.47 Å². The maximum absolute atomic E-state index is 5.69. The lowest BCUT2D eigenvalue weighted by molar-refractivity contribution is 0.0338. The molecule has 1 aliphatic heterocycles. The van der Waals surface area contributed by atoms with Crippen molar-refractivity contribution in [2.24, 2.45) is 0 Å². The average Bonchev–Trinajstić information content (AvgIpc) is 2.39. The van der Waals surface area contributed by atoms with Crippen molar-refractivity contribution in [3.8, 4) is 5.88 Å². The second-order valence-electron chi connectivity index (χ2n) is 4.66. The number of nitrogens with one attached hydrogen (secondary N) is 1. The first-order chi connectivity index (χ1) is 9.19. The number of morpholine rings is 1. The van der Waals surface area contributed by atoms with E-state index in [1.54, 1.807) is 0 Å². The van der Waals surface area contributed by atoms with Gasteiger partial charge in [-0.1, -0.05) is 0 Å². The highest BCUT2D eigenvalue weighted by molar-refractivity contribution is 5.33. The smallest absolute Gasteiger partial charge is 0.228 e. The highest BCUT2D eigenvalue weighted by atomic mass is 16.5. The third kappa shape index (κ3) is 4.04. The molecule has 1 aliphatic rings. The lowest BCUT2D eigenvalue weighted by Crippen LogP contribution is -2.44. The van der Waals surface area contributed by atoms with Crippen molar-refractivity contribution in [2.75, 3.05) is 44.8 Å². The van der Waals surface area contributed by atoms with E-state index in [0.717, 1.165) is 31.9 Å². The highest BCUT2D eigenvalue weighted by Gasteiger charge is 2.17. The lowest BCUT2D eigenvalue weighted by Gasteiger charge is -2.28. The zero-order valence-electron chi connectivity index (χ0n) is 11.8. The van der Waals surface area contributed by atoms with Gasteiger partial charge in [0.2, 0.25) is 11.8 Å². The molecule has 19 heavy (non-hydrogen) atoms. The largest absolute Gasteiger partial charge is 0.478 e. The van der Waals surface area contributed by atoms with Crippen LogP contribution in [0.15, 0.2) is 6.07 Å². The lowest BCUT2D eigenvalue weighted by atomic mass is 10.3. The fourth-order valence-electron chi connectivity index (χ4n) is 2.04. The Hall–Kier alpha value is -1.40. The first kappa shape index (κ1) is 14.0. The van der Waals surface area contributed by atoms with Crippen LogP contribution in [0.4, 0.5) is 5.95 Å². The number of aryl methyl sites for hydroxylation is 1. The van der Waals surface area contributed by atoms with Crippen LogP contribution in [-0.4, -0.2) is 56.0 Å². The molecule has 2 heterocycles. The Morgan fingerprint density at radius 1 is 1.53 bits per heavy atom. The summed E-state index contributed by atoms with van der Waals surface area (Å²) in [5.74, 6) is 1.30. The molecule has 2 rings (SSSR count). The van der Waals surface area contributed by atoms with Crippen LogP contribution in [-0.2, 0) is 4.74 Å². The van der Waals surface area contributed by atoms with Crippen LogP contribution in [0.2, 0.25) is 0 Å². The third-order valence-electron chi connectivity index (χ3n) is 2.93. The molecule has 0 bridgehead atoms. The van der Waals surface area contributed by atoms with Crippen LogP contribution in [0.5, 0.6) is 5.88 Å². The van der Waals surface area contributed by atoms with E-state index in [0.29, 0.717) is 18.4 Å². The number of hydrogen-bond donors (Lipinski definition) is 1. The van der Waals surface area contributed by atoms with E-state index in [1.807, 2.05) is 31.9 Å². The van der Waals surface area contributed by atoms with Gasteiger partial charge in [0.25, 0.3) is 0 Å². The van der Waals surface area contributed by atoms with Crippen LogP contribution in [0.25, 0.3) is 0 Å². The molecule has 0 radical (unpaired) electrons. The number of rotatable bonds is 5. The number of nitrogens with zero attached hydrogens (tertiary/aromatic N) is 3. The quantitative estimate of drug-likeness (QED) is 0.842. The van der Waals surface area contributed by atoms with Gasteiger partial charge in [-0.2, -0.15) is 4.98 Å². The molecule has 1 aromatic rings. The van der Waals surface area contributed by atoms with Crippen LogP contribution < -0.4 is 15.0 Å². The highest BCUT2D eigenvalue weighted by Crippen LogP contribution is 2.15. The molecule has 1 unspecified atom stereocenters. The molecule has 1 saturated heterocycles. The van der Waals surface area contributed by atoms with E-state index >= 15 is 0 Å². The fourth-order valence-corrected chi connectivity index (χ4v) is 2.04. The summed E-state index contributed by atoms with van der Waals surface area (Å²) in [6.07, 6.45) is 0.179. The molecule has 0 saturated carbocycles. The minimum atomic E-state index is 0.179. The summed E-state index contributed by atoms with van der Waals surface area (Å²) >= 11 is 0. The molecule has 0 amide bonds. The van der Waals surface area contributed by atoms with Crippen molar-refractivity contribution in [3.63, 3.8) is 0 Å². The molecule has 6 nitrogen and oxygen atoms in total. The van der Waals surface area contributed by atoms with Crippen LogP contribution in [0.1, 0.15) is 12.6 Å². The Morgan fingerprint density at radius 3 is 3.05 bits per heavy atom. The maximum Gasteiger partial charge on any atom is 0.228 e. The molecular weight excluding hydrogens is 244 g/mol. The van der Waals surface area contributed by atoms with Gasteiger partial charge >= 0.3 is 0 Å². The van der Waals surface area contributed by atoms with Crippen LogP contribution in [0, 0.1) is 6.92 Å². The molecule has 1 fully saturated rings. The Kier molecular flexibility index (Phi) is 4.93. The Morgan fingerprint density at radius 2 is 2.37 bits per heavy atom. The van der Waals surface area contributed by atoms with Gasteiger partial charge in [0.05, 0.1) is 19.3 Å². The second kappa shape index (κ2) is 6.68. The van der Waals surface area contributed by atoms with Gasteiger partial charge in [-0.15, -0.1) is 0 Å². The normalized spacial score (nSPS) is 19.2. The molecule has 0 aromatic carbocycles. The van der Waals surface area contributed by atoms with Crippen molar-refractivity contribution < 1.29 is 9.47 Å². The van der Waals surface area contributed by atoms with Crippen molar-refractivity contribution >= 4 is 5.95 Å². The van der Waals surface area contributed by atoms with E-state index in [-0.39, 0.29) is 6.10 Å². The number of likely N-dealkylation sites (N-methyl/N-ethyl adjacent to an activating group) is 1. The second-order valence-corrected chi connectivity index (χ2v) is 4.66. The van der Waals surface area contributed by atoms with E-state index in [9.17, 15) is 0 Å². The first-order valence-corrected chi connectivity index (χ1v) is 6.71. The summed E-state index contributed by atoms with van der Waals surface area (Å²) in [6.45, 7) is 7.82. The maximum atomic E-state index is 5.69. The Balaban J connectivity index is 2.02. The Bertz CT molecular complexity index is 408. The van der Waals surface area contributed by atoms with E-state index in [1.165, 1.54) is 0 Å². The number of ether oxygens (including phenoxy) is 2. The van der Waals surface area contributed by atoms with Gasteiger partial charge in [-0.25, -0.2) is 4.98 Å². The van der Waals surface area contributed by atoms with Gasteiger partial charge in [0.1, 0.15) is 0 Å². The number of aromatic nitrogens is 2. The zero-order valence-corrected chi connectivity index (χ0v) is 11.8. The predicted octanol–water partition coefficient (Wildman–Crippen LogP) is 0.608. The summed E-state index contributed by atoms with van der Waals surface area (Å²) < 4.78 is 11.1. The fraction of sp³-hybridized carbons (Fsp3) is 0.692. The van der Waals surface area contributed by atoms with Crippen molar-refractivity contribution in [1.29, 1.82) is 0 Å². The van der Waals surface area contributed by atoms with Gasteiger partial charge in [0.15, 0.2) is 0 Å². The Labute approximate surface area is 114 Å². The summed E-state index contributed by atoms with van der Waals surface area (Å²) in [6, 6.07) is 1.85. The third-order valence-corrected chi connectivity index (χ3v) is 2.93. The summed E-state index contributed by atoms with van der Waals surface area (Å²) in [5.41, 5.74) is 0.906. The van der Waals surface area contributed by atoms with Crippen LogP contribution >= 0.6 is 0 Å². The molecule has 6 heteroatoms. The number of hydrogen-bond acceptors (Lipinski definition) is 6. The van der Waals surface area contributed by atoms with Gasteiger partial charge in [0, 0.05) is 38.4 Å². The summed E-state index contributed by atoms with van der Waals surface area (Å²) in [4.78, 5) is 10.9. The van der Waals surface area contributed by atoms with E-state index < -0.39 is 0 Å². The van der Waals surface area contributed by atoms with E-state index in [2.05, 4.69) is 15.3 Å². The predicted molar refractivity (Wildman–Crippen MR) is 73.8 cm³/mol. The minimum absolute atomic E-state index is 0.179. The molecule has 1 atom stereocenters. The van der Waals surface area contributed by atoms with Gasteiger partial charge in [-0.3, -0.25) is 0 Å². The molecular formula is C13H22N4O2. The molecule has 1 aromatic heterocycles. The molecule has 106 valence electrons. The van der Waals surface area contributed by atoms with Crippen LogP contribution in [0.3, 0.4) is 0 Å². The monoisotopic (exact) mass is 266 g/mol. The SMILES string of the molecule is CCOc1cc(C)nc(N(C)CC2CNCCO2)n1. The standard InChI is InChI=1S/C13H22N4O2/c1-4-18-12-7-10(2)15-13(16-12)17(3)9-11-8-14-5-6-19-11/h7,11,14H,4-6,8-9H2,1-3H3. The molecule has 0 spiro atoms. The molecule has 1 N–H and O–H groups in total. The van der Waals surface area contributed by atoms with Gasteiger partial charge < -0.3 is 19.7 Å². The zero-order chi connectivity index (χ0) is 13.7. The van der Waals surface area contributed by atoms with Gasteiger partial charge in [-0.05, 0) is 13.8 Å². The topological polar surface area (TPSA) is 59.5 Å². The molecule has 0 aliphatic carbocycles. The average molecular weight is 266 g/mol. The van der Waals surface area contributed by atoms with Crippen molar-refractivity contribution in [3.05, 3.63) is 11.8 Å². The summed E-state index contributed by atoms with van der Waals surface area (Å²) in [7, 11) is 1.97. The van der Waals surface area contributed by atoms with Crippen molar-refractivity contribution in [2.45, 2.75) is 20.0 Å². The number of anilines is 1. The first-order valence-electron chi connectivity index (χ1n) is 6.71. The summed E-state index contributed by atoms with van der Waals surface area (Å²) in [5, 5.41) is 3.32. The van der Waals surface area contributed by atoms with Crippen molar-refractivity contribution in [1.82, 2.24) is 15.3 Å².